The zero-order chi connectivity index (χ0) is 24.5. The summed E-state index contributed by atoms with van der Waals surface area (Å²) in [6, 6.07) is 13.9. The van der Waals surface area contributed by atoms with Gasteiger partial charge in [0.25, 0.3) is 0 Å². The van der Waals surface area contributed by atoms with Crippen LogP contribution < -0.4 is 10.1 Å². The molecule has 34 heavy (non-hydrogen) atoms. The number of hydrogen-bond donors (Lipinski definition) is 1. The van der Waals surface area contributed by atoms with Gasteiger partial charge in [-0.15, -0.1) is 0 Å². The number of carbonyl (C=O) groups excluding carboxylic acids is 2. The summed E-state index contributed by atoms with van der Waals surface area (Å²) in [7, 11) is 1.88. The minimum atomic E-state index is -0.615. The molecule has 2 aromatic carbocycles. The smallest absolute Gasteiger partial charge is 0.407 e. The van der Waals surface area contributed by atoms with E-state index in [1.807, 2.05) is 48.0 Å². The van der Waals surface area contributed by atoms with E-state index >= 15 is 0 Å². The van der Waals surface area contributed by atoms with Gasteiger partial charge in [-0.05, 0) is 57.0 Å². The molecule has 1 aliphatic heterocycles. The highest BCUT2D eigenvalue weighted by Gasteiger charge is 2.25. The first-order chi connectivity index (χ1) is 16.2. The number of esters is 1. The van der Waals surface area contributed by atoms with Crippen molar-refractivity contribution in [1.29, 1.82) is 0 Å². The average molecular weight is 463 g/mol. The number of nitrogens with one attached hydrogen (secondary N) is 1. The summed E-state index contributed by atoms with van der Waals surface area (Å²) in [5, 5.41) is 3.54. The van der Waals surface area contributed by atoms with Crippen molar-refractivity contribution in [2.45, 2.75) is 39.8 Å². The number of alkyl carbamates (subject to hydrolysis) is 1. The Morgan fingerprint density at radius 1 is 1.15 bits per heavy atom. The lowest BCUT2D eigenvalue weighted by molar-refractivity contribution is 0.0502. The van der Waals surface area contributed by atoms with E-state index in [0.29, 0.717) is 17.9 Å². The van der Waals surface area contributed by atoms with Gasteiger partial charge in [-0.1, -0.05) is 30.3 Å². The Hall–Kier alpha value is -3.74. The maximum absolute atomic E-state index is 12.9. The molecule has 0 unspecified atom stereocenters. The molecule has 0 spiro atoms. The number of amides is 1. The van der Waals surface area contributed by atoms with Gasteiger partial charge < -0.3 is 24.1 Å². The van der Waals surface area contributed by atoms with Gasteiger partial charge >= 0.3 is 12.1 Å². The Morgan fingerprint density at radius 2 is 1.91 bits per heavy atom. The van der Waals surface area contributed by atoms with Crippen molar-refractivity contribution < 1.29 is 23.8 Å². The number of rotatable bonds is 5. The third-order valence-electron chi connectivity index (χ3n) is 5.62. The van der Waals surface area contributed by atoms with Crippen molar-refractivity contribution in [2.75, 3.05) is 13.2 Å². The molecule has 2 heterocycles. The summed E-state index contributed by atoms with van der Waals surface area (Å²) in [6.45, 7) is 8.07. The van der Waals surface area contributed by atoms with E-state index in [4.69, 9.17) is 14.2 Å². The SMILES string of the molecule is CCOC(=O)c1c(CNC(=O)OC(C)(C)C)n(C)c2cc(C3=CCOc4ccccc43)ccc12. The first-order valence-electron chi connectivity index (χ1n) is 11.4. The van der Waals surface area contributed by atoms with Gasteiger partial charge in [0.05, 0.1) is 24.4 Å². The lowest BCUT2D eigenvalue weighted by atomic mass is 9.94. The standard InChI is InChI=1S/C27H30N2O5/c1-6-32-25(30)24-20-12-11-17(18-13-14-33-23-10-8-7-9-19(18)23)15-21(20)29(5)22(24)16-28-26(31)34-27(2,3)4/h7-13,15H,6,14,16H2,1-5H3,(H,28,31). The van der Waals surface area contributed by atoms with Crippen molar-refractivity contribution in [3.05, 3.63) is 70.9 Å². The van der Waals surface area contributed by atoms with Crippen LogP contribution in [0.2, 0.25) is 0 Å². The van der Waals surface area contributed by atoms with Gasteiger partial charge in [0, 0.05) is 23.5 Å². The van der Waals surface area contributed by atoms with E-state index in [2.05, 4.69) is 17.5 Å². The summed E-state index contributed by atoms with van der Waals surface area (Å²) in [5.41, 5.74) is 4.48. The summed E-state index contributed by atoms with van der Waals surface area (Å²) in [5.74, 6) is 0.430. The quantitative estimate of drug-likeness (QED) is 0.527. The molecule has 1 N–H and O–H groups in total. The zero-order valence-corrected chi connectivity index (χ0v) is 20.2. The molecule has 1 aliphatic rings. The van der Waals surface area contributed by atoms with Crippen molar-refractivity contribution >= 4 is 28.5 Å². The van der Waals surface area contributed by atoms with Crippen LogP contribution in [-0.2, 0) is 23.1 Å². The van der Waals surface area contributed by atoms with E-state index < -0.39 is 17.7 Å². The fourth-order valence-electron chi connectivity index (χ4n) is 4.18. The van der Waals surface area contributed by atoms with Crippen molar-refractivity contribution in [1.82, 2.24) is 9.88 Å². The first-order valence-corrected chi connectivity index (χ1v) is 11.4. The van der Waals surface area contributed by atoms with Crippen molar-refractivity contribution in [3.8, 4) is 5.75 Å². The zero-order valence-electron chi connectivity index (χ0n) is 20.2. The molecule has 3 aromatic rings. The third-order valence-corrected chi connectivity index (χ3v) is 5.62. The van der Waals surface area contributed by atoms with Crippen LogP contribution in [0.15, 0.2) is 48.5 Å². The molecule has 0 fully saturated rings. The molecule has 7 nitrogen and oxygen atoms in total. The summed E-state index contributed by atoms with van der Waals surface area (Å²) in [4.78, 5) is 25.2. The predicted octanol–water partition coefficient (Wildman–Crippen LogP) is 5.20. The summed E-state index contributed by atoms with van der Waals surface area (Å²) >= 11 is 0. The molecule has 1 aromatic heterocycles. The summed E-state index contributed by atoms with van der Waals surface area (Å²) in [6.07, 6.45) is 1.51. The monoisotopic (exact) mass is 462 g/mol. The highest BCUT2D eigenvalue weighted by Crippen LogP contribution is 2.36. The van der Waals surface area contributed by atoms with E-state index in [1.54, 1.807) is 27.7 Å². The van der Waals surface area contributed by atoms with Crippen LogP contribution in [0.3, 0.4) is 0 Å². The number of ether oxygens (including phenoxy) is 3. The number of carbonyl (C=O) groups is 2. The Kier molecular flexibility index (Phi) is 6.37. The van der Waals surface area contributed by atoms with Gasteiger partial charge in [0.2, 0.25) is 0 Å². The second kappa shape index (κ2) is 9.25. The minimum absolute atomic E-state index is 0.128. The van der Waals surface area contributed by atoms with E-state index in [-0.39, 0.29) is 13.2 Å². The fourth-order valence-corrected chi connectivity index (χ4v) is 4.18. The Balaban J connectivity index is 1.76. The fraction of sp³-hybridized carbons (Fsp3) is 0.333. The second-order valence-electron chi connectivity index (χ2n) is 9.11. The molecule has 1 amide bonds. The highest BCUT2D eigenvalue weighted by molar-refractivity contribution is 6.07. The van der Waals surface area contributed by atoms with E-state index in [0.717, 1.165) is 33.4 Å². The van der Waals surface area contributed by atoms with Crippen LogP contribution in [0.25, 0.3) is 16.5 Å². The molecular weight excluding hydrogens is 432 g/mol. The molecule has 0 saturated carbocycles. The maximum atomic E-state index is 12.9. The second-order valence-corrected chi connectivity index (χ2v) is 9.11. The number of hydrogen-bond acceptors (Lipinski definition) is 5. The van der Waals surface area contributed by atoms with Crippen LogP contribution >= 0.6 is 0 Å². The molecule has 0 atom stereocenters. The maximum Gasteiger partial charge on any atom is 0.407 e. The van der Waals surface area contributed by atoms with Crippen molar-refractivity contribution in [2.24, 2.45) is 7.05 Å². The number of benzene rings is 2. The third kappa shape index (κ3) is 4.64. The number of fused-ring (bicyclic) bond motifs is 2. The Bertz CT molecular complexity index is 1280. The molecule has 4 rings (SSSR count). The predicted molar refractivity (Wildman–Crippen MR) is 131 cm³/mol. The Labute approximate surface area is 199 Å². The molecule has 0 aliphatic carbocycles. The topological polar surface area (TPSA) is 78.8 Å². The van der Waals surface area contributed by atoms with Gasteiger partial charge in [0.1, 0.15) is 18.0 Å². The molecule has 7 heteroatoms. The van der Waals surface area contributed by atoms with Crippen LogP contribution in [0.4, 0.5) is 4.79 Å². The lowest BCUT2D eigenvalue weighted by Crippen LogP contribution is -2.33. The number of aryl methyl sites for hydroxylation is 1. The van der Waals surface area contributed by atoms with Gasteiger partial charge in [-0.3, -0.25) is 0 Å². The Morgan fingerprint density at radius 3 is 2.65 bits per heavy atom. The molecular formula is C27H30N2O5. The minimum Gasteiger partial charge on any atom is -0.489 e. The van der Waals surface area contributed by atoms with Crippen molar-refractivity contribution in [3.63, 3.8) is 0 Å². The molecule has 0 saturated heterocycles. The van der Waals surface area contributed by atoms with E-state index in [1.165, 1.54) is 0 Å². The van der Waals surface area contributed by atoms with E-state index in [9.17, 15) is 9.59 Å². The van der Waals surface area contributed by atoms with Crippen LogP contribution in [0, 0.1) is 0 Å². The number of nitrogens with zero attached hydrogens (tertiary/aromatic N) is 1. The molecule has 178 valence electrons. The normalized spacial score (nSPS) is 13.0. The lowest BCUT2D eigenvalue weighted by Gasteiger charge is -2.20. The largest absolute Gasteiger partial charge is 0.489 e. The highest BCUT2D eigenvalue weighted by atomic mass is 16.6. The number of aromatic nitrogens is 1. The van der Waals surface area contributed by atoms with Gasteiger partial charge in [0.15, 0.2) is 0 Å². The number of para-hydroxylation sites is 1. The van der Waals surface area contributed by atoms with Crippen LogP contribution in [-0.4, -0.2) is 35.4 Å². The summed E-state index contributed by atoms with van der Waals surface area (Å²) < 4.78 is 18.4. The first kappa shape index (κ1) is 23.4. The van der Waals surface area contributed by atoms with Gasteiger partial charge in [-0.2, -0.15) is 0 Å². The van der Waals surface area contributed by atoms with Crippen LogP contribution in [0.1, 0.15) is 54.9 Å². The molecule has 0 radical (unpaired) electrons. The molecule has 0 bridgehead atoms. The van der Waals surface area contributed by atoms with Gasteiger partial charge in [-0.25, -0.2) is 9.59 Å². The van der Waals surface area contributed by atoms with Crippen LogP contribution in [0.5, 0.6) is 5.75 Å². The average Bonchev–Trinajstić information content (AvgIpc) is 3.07.